The molecular formula is C22H18BrN3O2. The average Bonchev–Trinajstić information content (AvgIpc) is 2.99. The first-order valence-corrected chi connectivity index (χ1v) is 9.63. The predicted octanol–water partition coefficient (Wildman–Crippen LogP) is 4.44. The molecule has 0 unspecified atom stereocenters. The first-order valence-electron chi connectivity index (χ1n) is 8.84. The molecule has 0 fully saturated rings. The van der Waals surface area contributed by atoms with E-state index in [1.807, 2.05) is 42.5 Å². The highest BCUT2D eigenvalue weighted by Crippen LogP contribution is 2.27. The van der Waals surface area contributed by atoms with E-state index in [9.17, 15) is 9.59 Å². The number of carbonyl (C=O) groups excluding carboxylic acids is 2. The average molecular weight is 436 g/mol. The molecule has 0 bridgehead atoms. The Morgan fingerprint density at radius 3 is 2.57 bits per heavy atom. The van der Waals surface area contributed by atoms with E-state index in [0.717, 1.165) is 21.2 Å². The van der Waals surface area contributed by atoms with E-state index in [1.54, 1.807) is 29.2 Å². The number of hydrogen-bond donors (Lipinski definition) is 2. The van der Waals surface area contributed by atoms with Crippen molar-refractivity contribution in [2.24, 2.45) is 0 Å². The largest absolute Gasteiger partial charge is 0.397 e. The van der Waals surface area contributed by atoms with Gasteiger partial charge in [-0.1, -0.05) is 40.2 Å². The minimum Gasteiger partial charge on any atom is -0.397 e. The number of carbonyl (C=O) groups is 2. The van der Waals surface area contributed by atoms with Crippen molar-refractivity contribution in [3.63, 3.8) is 0 Å². The highest BCUT2D eigenvalue weighted by Gasteiger charge is 2.27. The molecule has 0 aliphatic carbocycles. The highest BCUT2D eigenvalue weighted by atomic mass is 79.9. The quantitative estimate of drug-likeness (QED) is 0.594. The van der Waals surface area contributed by atoms with Gasteiger partial charge < -0.3 is 16.0 Å². The molecule has 6 heteroatoms. The van der Waals surface area contributed by atoms with Crippen LogP contribution in [0.1, 0.15) is 31.8 Å². The van der Waals surface area contributed by atoms with Gasteiger partial charge in [0.05, 0.1) is 11.4 Å². The molecule has 0 saturated carbocycles. The van der Waals surface area contributed by atoms with Crippen LogP contribution >= 0.6 is 15.9 Å². The Morgan fingerprint density at radius 1 is 1.07 bits per heavy atom. The van der Waals surface area contributed by atoms with Gasteiger partial charge in [0.15, 0.2) is 0 Å². The lowest BCUT2D eigenvalue weighted by atomic mass is 10.1. The summed E-state index contributed by atoms with van der Waals surface area (Å²) in [5, 5.41) is 2.81. The Balaban J connectivity index is 1.43. The Labute approximate surface area is 171 Å². The van der Waals surface area contributed by atoms with E-state index in [4.69, 9.17) is 5.73 Å². The third-order valence-electron chi connectivity index (χ3n) is 4.74. The number of nitrogens with one attached hydrogen (secondary N) is 1. The summed E-state index contributed by atoms with van der Waals surface area (Å²) in [6, 6.07) is 20.1. The molecule has 3 aromatic rings. The van der Waals surface area contributed by atoms with Gasteiger partial charge >= 0.3 is 0 Å². The maximum atomic E-state index is 12.6. The Kier molecular flexibility index (Phi) is 4.88. The molecule has 0 saturated heterocycles. The normalized spacial score (nSPS) is 12.8. The molecule has 4 rings (SSSR count). The second kappa shape index (κ2) is 7.48. The van der Waals surface area contributed by atoms with Crippen LogP contribution in [0.5, 0.6) is 0 Å². The summed E-state index contributed by atoms with van der Waals surface area (Å²) in [7, 11) is 0. The van der Waals surface area contributed by atoms with Crippen molar-refractivity contribution in [2.45, 2.75) is 13.1 Å². The SMILES string of the molecule is Nc1ccccc1NC(=O)c1ccc(CN2Cc3cc(Br)ccc3C2=O)cc1. The standard InChI is InChI=1S/C22H18BrN3O2/c23-17-9-10-18-16(11-17)13-26(22(18)28)12-14-5-7-15(8-6-14)21(27)25-20-4-2-1-3-19(20)24/h1-11H,12-13,24H2,(H,25,27). The molecule has 140 valence electrons. The topological polar surface area (TPSA) is 75.4 Å². The molecule has 28 heavy (non-hydrogen) atoms. The van der Waals surface area contributed by atoms with E-state index >= 15 is 0 Å². The van der Waals surface area contributed by atoms with Gasteiger partial charge in [0.2, 0.25) is 0 Å². The number of rotatable bonds is 4. The lowest BCUT2D eigenvalue weighted by Gasteiger charge is -2.16. The molecule has 0 aromatic heterocycles. The molecule has 1 heterocycles. The highest BCUT2D eigenvalue weighted by molar-refractivity contribution is 9.10. The zero-order valence-corrected chi connectivity index (χ0v) is 16.6. The molecular weight excluding hydrogens is 418 g/mol. The van der Waals surface area contributed by atoms with Gasteiger partial charge in [-0.25, -0.2) is 0 Å². The summed E-state index contributed by atoms with van der Waals surface area (Å²) in [6.07, 6.45) is 0. The number of anilines is 2. The second-order valence-corrected chi connectivity index (χ2v) is 7.62. The van der Waals surface area contributed by atoms with Gasteiger partial charge in [-0.2, -0.15) is 0 Å². The van der Waals surface area contributed by atoms with E-state index in [0.29, 0.717) is 30.0 Å². The van der Waals surface area contributed by atoms with Crippen LogP contribution < -0.4 is 11.1 Å². The van der Waals surface area contributed by atoms with Crippen molar-refractivity contribution in [3.8, 4) is 0 Å². The second-order valence-electron chi connectivity index (χ2n) is 6.70. The van der Waals surface area contributed by atoms with Gasteiger partial charge in [0.1, 0.15) is 0 Å². The number of nitrogens with two attached hydrogens (primary N) is 1. The third kappa shape index (κ3) is 3.64. The summed E-state index contributed by atoms with van der Waals surface area (Å²) in [5.74, 6) is -0.192. The van der Waals surface area contributed by atoms with Crippen molar-refractivity contribution in [1.82, 2.24) is 4.90 Å². The van der Waals surface area contributed by atoms with Gasteiger partial charge in [0.25, 0.3) is 11.8 Å². The zero-order valence-electron chi connectivity index (χ0n) is 15.0. The van der Waals surface area contributed by atoms with Gasteiger partial charge in [0, 0.05) is 28.7 Å². The van der Waals surface area contributed by atoms with E-state index in [1.165, 1.54) is 0 Å². The van der Waals surface area contributed by atoms with Gasteiger partial charge in [-0.15, -0.1) is 0 Å². The van der Waals surface area contributed by atoms with Crippen LogP contribution in [-0.2, 0) is 13.1 Å². The first-order chi connectivity index (χ1) is 13.5. The molecule has 2 amide bonds. The number of fused-ring (bicyclic) bond motifs is 1. The van der Waals surface area contributed by atoms with E-state index < -0.39 is 0 Å². The fourth-order valence-corrected chi connectivity index (χ4v) is 3.67. The molecule has 3 aromatic carbocycles. The molecule has 0 atom stereocenters. The number of hydrogen-bond acceptors (Lipinski definition) is 3. The number of halogens is 1. The zero-order chi connectivity index (χ0) is 19.7. The monoisotopic (exact) mass is 435 g/mol. The van der Waals surface area contributed by atoms with Crippen LogP contribution in [0, 0.1) is 0 Å². The minimum absolute atomic E-state index is 0.0314. The maximum Gasteiger partial charge on any atom is 0.255 e. The summed E-state index contributed by atoms with van der Waals surface area (Å²) in [6.45, 7) is 1.09. The first kappa shape index (κ1) is 18.3. The van der Waals surface area contributed by atoms with Crippen LogP contribution in [0.15, 0.2) is 71.2 Å². The number of benzene rings is 3. The van der Waals surface area contributed by atoms with Crippen molar-refractivity contribution in [3.05, 3.63) is 93.5 Å². The Hall–Kier alpha value is -3.12. The summed E-state index contributed by atoms with van der Waals surface area (Å²) in [5.41, 5.74) is 10.2. The molecule has 5 nitrogen and oxygen atoms in total. The van der Waals surface area contributed by atoms with Crippen molar-refractivity contribution < 1.29 is 9.59 Å². The van der Waals surface area contributed by atoms with Crippen molar-refractivity contribution >= 4 is 39.1 Å². The molecule has 3 N–H and O–H groups in total. The van der Waals surface area contributed by atoms with Crippen molar-refractivity contribution in [1.29, 1.82) is 0 Å². The van der Waals surface area contributed by atoms with Crippen LogP contribution in [0.2, 0.25) is 0 Å². The number of nitrogens with zero attached hydrogens (tertiary/aromatic N) is 1. The lowest BCUT2D eigenvalue weighted by Crippen LogP contribution is -2.23. The van der Waals surface area contributed by atoms with E-state index in [2.05, 4.69) is 21.2 Å². The molecule has 0 radical (unpaired) electrons. The van der Waals surface area contributed by atoms with Crippen LogP contribution in [0.3, 0.4) is 0 Å². The minimum atomic E-state index is -0.223. The number of amides is 2. The fraction of sp³-hybridized carbons (Fsp3) is 0.0909. The van der Waals surface area contributed by atoms with Crippen LogP contribution in [0.4, 0.5) is 11.4 Å². The number of nitrogen functional groups attached to an aromatic ring is 1. The van der Waals surface area contributed by atoms with Gasteiger partial charge in [-0.3, -0.25) is 9.59 Å². The number of para-hydroxylation sites is 2. The van der Waals surface area contributed by atoms with E-state index in [-0.39, 0.29) is 11.8 Å². The molecule has 1 aliphatic heterocycles. The van der Waals surface area contributed by atoms with Gasteiger partial charge in [-0.05, 0) is 53.6 Å². The van der Waals surface area contributed by atoms with Crippen LogP contribution in [0.25, 0.3) is 0 Å². The predicted molar refractivity (Wildman–Crippen MR) is 113 cm³/mol. The third-order valence-corrected chi connectivity index (χ3v) is 5.24. The molecule has 0 spiro atoms. The summed E-state index contributed by atoms with van der Waals surface area (Å²) in [4.78, 5) is 26.8. The van der Waals surface area contributed by atoms with Crippen molar-refractivity contribution in [2.75, 3.05) is 11.1 Å². The fourth-order valence-electron chi connectivity index (χ4n) is 3.26. The Morgan fingerprint density at radius 2 is 1.82 bits per heavy atom. The smallest absolute Gasteiger partial charge is 0.255 e. The summed E-state index contributed by atoms with van der Waals surface area (Å²) < 4.78 is 0.968. The Bertz CT molecular complexity index is 1060. The van der Waals surface area contributed by atoms with Crippen LogP contribution in [-0.4, -0.2) is 16.7 Å². The molecule has 1 aliphatic rings. The summed E-state index contributed by atoms with van der Waals surface area (Å²) >= 11 is 3.45. The maximum absolute atomic E-state index is 12.6. The lowest BCUT2D eigenvalue weighted by molar-refractivity contribution is 0.0766.